The lowest BCUT2D eigenvalue weighted by atomic mass is 10.2. The van der Waals surface area contributed by atoms with E-state index >= 15 is 0 Å². The quantitative estimate of drug-likeness (QED) is 0.605. The zero-order valence-electron chi connectivity index (χ0n) is 18.0. The molecule has 1 N–H and O–H groups in total. The van der Waals surface area contributed by atoms with Crippen LogP contribution in [0.15, 0.2) is 42.6 Å². The zero-order valence-corrected chi connectivity index (χ0v) is 18.0. The minimum absolute atomic E-state index is 0.153. The van der Waals surface area contributed by atoms with E-state index in [4.69, 9.17) is 9.47 Å². The van der Waals surface area contributed by atoms with Crippen molar-refractivity contribution in [2.75, 3.05) is 64.5 Å². The summed E-state index contributed by atoms with van der Waals surface area (Å²) >= 11 is 0. The summed E-state index contributed by atoms with van der Waals surface area (Å²) in [6.07, 6.45) is 2.53. The zero-order chi connectivity index (χ0) is 21.2. The highest BCUT2D eigenvalue weighted by atomic mass is 16.5. The van der Waals surface area contributed by atoms with Gasteiger partial charge in [0.05, 0.1) is 6.61 Å². The third-order valence-electron chi connectivity index (χ3n) is 5.22. The van der Waals surface area contributed by atoms with Gasteiger partial charge in [0.1, 0.15) is 12.2 Å². The second-order valence-corrected chi connectivity index (χ2v) is 7.47. The Bertz CT molecular complexity index is 807. The van der Waals surface area contributed by atoms with Crippen LogP contribution in [0, 0.1) is 6.92 Å². The minimum Gasteiger partial charge on any atom is -0.475 e. The second kappa shape index (κ2) is 11.5. The first-order valence-corrected chi connectivity index (χ1v) is 10.6. The first-order chi connectivity index (χ1) is 14.7. The molecule has 0 spiro atoms. The van der Waals surface area contributed by atoms with Gasteiger partial charge in [-0.25, -0.2) is 4.98 Å². The number of hydrogen-bond donors (Lipinski definition) is 1. The van der Waals surface area contributed by atoms with E-state index in [1.807, 2.05) is 0 Å². The van der Waals surface area contributed by atoms with E-state index < -0.39 is 0 Å². The van der Waals surface area contributed by atoms with Crippen molar-refractivity contribution in [1.82, 2.24) is 15.2 Å². The fourth-order valence-corrected chi connectivity index (χ4v) is 3.55. The largest absolute Gasteiger partial charge is 0.475 e. The Morgan fingerprint density at radius 2 is 1.97 bits per heavy atom. The monoisotopic (exact) mass is 412 g/mol. The lowest BCUT2D eigenvalue weighted by molar-refractivity contribution is 0.0942. The van der Waals surface area contributed by atoms with E-state index in [0.29, 0.717) is 31.2 Å². The molecule has 1 amide bonds. The molecule has 0 aliphatic carbocycles. The van der Waals surface area contributed by atoms with Crippen LogP contribution in [0.2, 0.25) is 0 Å². The maximum absolute atomic E-state index is 12.5. The number of rotatable bonds is 10. The molecule has 3 rings (SSSR count). The molecule has 1 fully saturated rings. The summed E-state index contributed by atoms with van der Waals surface area (Å²) in [7, 11) is 1.61. The number of carbonyl (C=O) groups is 1. The van der Waals surface area contributed by atoms with E-state index in [0.717, 1.165) is 39.1 Å². The Hall–Kier alpha value is -2.64. The average Bonchev–Trinajstić information content (AvgIpc) is 2.77. The number of nitrogens with zero attached hydrogens (tertiary/aromatic N) is 3. The van der Waals surface area contributed by atoms with Gasteiger partial charge in [-0.2, -0.15) is 0 Å². The lowest BCUT2D eigenvalue weighted by Gasteiger charge is -2.36. The number of piperazine rings is 1. The van der Waals surface area contributed by atoms with Crippen molar-refractivity contribution in [3.8, 4) is 5.88 Å². The summed E-state index contributed by atoms with van der Waals surface area (Å²) in [5, 5.41) is 2.98. The topological polar surface area (TPSA) is 66.9 Å². The van der Waals surface area contributed by atoms with Crippen LogP contribution in [-0.2, 0) is 4.74 Å². The van der Waals surface area contributed by atoms with Crippen molar-refractivity contribution in [3.63, 3.8) is 0 Å². The van der Waals surface area contributed by atoms with Crippen LogP contribution in [0.3, 0.4) is 0 Å². The van der Waals surface area contributed by atoms with Crippen LogP contribution in [-0.4, -0.2) is 75.4 Å². The fraction of sp³-hybridized carbons (Fsp3) is 0.478. The number of ether oxygens (including phenoxy) is 2. The highest BCUT2D eigenvalue weighted by Gasteiger charge is 2.17. The molecule has 1 saturated heterocycles. The van der Waals surface area contributed by atoms with Gasteiger partial charge in [-0.05, 0) is 49.7 Å². The molecule has 2 aromatic rings. The molecule has 30 heavy (non-hydrogen) atoms. The molecule has 1 aromatic carbocycles. The number of pyridine rings is 1. The van der Waals surface area contributed by atoms with Crippen LogP contribution < -0.4 is 15.0 Å². The molecule has 0 unspecified atom stereocenters. The molecule has 1 aliphatic heterocycles. The molecule has 7 nitrogen and oxygen atoms in total. The van der Waals surface area contributed by atoms with Crippen molar-refractivity contribution < 1.29 is 14.3 Å². The Balaban J connectivity index is 1.37. The number of aromatic nitrogens is 1. The van der Waals surface area contributed by atoms with Crippen LogP contribution >= 0.6 is 0 Å². The second-order valence-electron chi connectivity index (χ2n) is 7.47. The summed E-state index contributed by atoms with van der Waals surface area (Å²) in [5.41, 5.74) is 3.06. The summed E-state index contributed by atoms with van der Waals surface area (Å²) in [5.74, 6) is 0.194. The number of methoxy groups -OCH3 is 1. The van der Waals surface area contributed by atoms with Crippen molar-refractivity contribution in [2.24, 2.45) is 0 Å². The molecule has 0 atom stereocenters. The summed E-state index contributed by atoms with van der Waals surface area (Å²) in [6.45, 7) is 8.71. The van der Waals surface area contributed by atoms with Crippen LogP contribution in [0.4, 0.5) is 5.69 Å². The third-order valence-corrected chi connectivity index (χ3v) is 5.22. The maximum Gasteiger partial charge on any atom is 0.256 e. The smallest absolute Gasteiger partial charge is 0.256 e. The molecule has 0 bridgehead atoms. The molecular formula is C23H32N4O3. The Morgan fingerprint density at radius 3 is 2.73 bits per heavy atom. The molecule has 7 heteroatoms. The molecule has 0 saturated carbocycles. The SMILES string of the molecule is COCCOc1ncccc1C(=O)NCCCN1CCN(c2cccc(C)c2)CC1. The van der Waals surface area contributed by atoms with E-state index in [9.17, 15) is 4.79 Å². The van der Waals surface area contributed by atoms with Gasteiger partial charge in [0.25, 0.3) is 5.91 Å². The van der Waals surface area contributed by atoms with Gasteiger partial charge in [-0.15, -0.1) is 0 Å². The minimum atomic E-state index is -0.153. The summed E-state index contributed by atoms with van der Waals surface area (Å²) < 4.78 is 10.5. The number of carbonyl (C=O) groups excluding carboxylic acids is 1. The number of anilines is 1. The number of amides is 1. The van der Waals surface area contributed by atoms with Gasteiger partial charge in [0.15, 0.2) is 0 Å². The first-order valence-electron chi connectivity index (χ1n) is 10.6. The Morgan fingerprint density at radius 1 is 1.13 bits per heavy atom. The van der Waals surface area contributed by atoms with Gasteiger partial charge in [-0.3, -0.25) is 9.69 Å². The lowest BCUT2D eigenvalue weighted by Crippen LogP contribution is -2.47. The summed E-state index contributed by atoms with van der Waals surface area (Å²) in [6, 6.07) is 12.2. The number of benzene rings is 1. The predicted molar refractivity (Wildman–Crippen MR) is 118 cm³/mol. The summed E-state index contributed by atoms with van der Waals surface area (Å²) in [4.78, 5) is 21.6. The molecule has 1 aliphatic rings. The fourth-order valence-electron chi connectivity index (χ4n) is 3.55. The normalized spacial score (nSPS) is 14.5. The van der Waals surface area contributed by atoms with E-state index in [1.165, 1.54) is 11.3 Å². The highest BCUT2D eigenvalue weighted by Crippen LogP contribution is 2.18. The molecule has 2 heterocycles. The van der Waals surface area contributed by atoms with Crippen molar-refractivity contribution >= 4 is 11.6 Å². The number of hydrogen-bond acceptors (Lipinski definition) is 6. The highest BCUT2D eigenvalue weighted by molar-refractivity contribution is 5.96. The van der Waals surface area contributed by atoms with Gasteiger partial charge in [0, 0.05) is 51.7 Å². The third kappa shape index (κ3) is 6.43. The van der Waals surface area contributed by atoms with Crippen molar-refractivity contribution in [3.05, 3.63) is 53.7 Å². The standard InChI is InChI=1S/C23H32N4O3/c1-19-6-3-7-20(18-19)27-14-12-26(13-15-27)11-5-10-24-22(28)21-8-4-9-25-23(21)30-17-16-29-2/h3-4,6-9,18H,5,10-17H2,1-2H3,(H,24,28). The van der Waals surface area contributed by atoms with Crippen LogP contribution in [0.5, 0.6) is 5.88 Å². The van der Waals surface area contributed by atoms with Gasteiger partial charge >= 0.3 is 0 Å². The molecule has 162 valence electrons. The Kier molecular flexibility index (Phi) is 8.47. The molecule has 1 aromatic heterocycles. The van der Waals surface area contributed by atoms with Gasteiger partial charge in [-0.1, -0.05) is 12.1 Å². The first kappa shape index (κ1) is 22.1. The van der Waals surface area contributed by atoms with E-state index in [1.54, 1.807) is 25.4 Å². The van der Waals surface area contributed by atoms with E-state index in [2.05, 4.69) is 51.3 Å². The number of nitrogens with one attached hydrogen (secondary N) is 1. The van der Waals surface area contributed by atoms with Crippen molar-refractivity contribution in [1.29, 1.82) is 0 Å². The van der Waals surface area contributed by atoms with Crippen molar-refractivity contribution in [2.45, 2.75) is 13.3 Å². The van der Waals surface area contributed by atoms with Gasteiger partial charge in [0.2, 0.25) is 5.88 Å². The average molecular weight is 413 g/mol. The van der Waals surface area contributed by atoms with Crippen LogP contribution in [0.1, 0.15) is 22.3 Å². The molecule has 0 radical (unpaired) electrons. The van der Waals surface area contributed by atoms with Crippen LogP contribution in [0.25, 0.3) is 0 Å². The molecular weight excluding hydrogens is 380 g/mol. The van der Waals surface area contributed by atoms with E-state index in [-0.39, 0.29) is 5.91 Å². The maximum atomic E-state index is 12.5. The number of aryl methyl sites for hydroxylation is 1. The predicted octanol–water partition coefficient (Wildman–Crippen LogP) is 2.36. The Labute approximate surface area is 179 Å². The van der Waals surface area contributed by atoms with Gasteiger partial charge < -0.3 is 19.7 Å².